The molecule has 0 saturated carbocycles. The Hall–Kier alpha value is 0.820. The Morgan fingerprint density at radius 1 is 1.33 bits per heavy atom. The lowest BCUT2D eigenvalue weighted by molar-refractivity contribution is 0.583. The smallest absolute Gasteiger partial charge is 0.191 e. The molecule has 1 aliphatic rings. The fraction of sp³-hybridized carbons (Fsp3) is 1.00. The zero-order chi connectivity index (χ0) is 9.41. The Bertz CT molecular complexity index is 254. The molecule has 0 aliphatic carbocycles. The second-order valence-corrected chi connectivity index (χ2v) is 7.87. The van der Waals surface area contributed by atoms with Gasteiger partial charge in [-0.1, -0.05) is 34.8 Å². The highest BCUT2D eigenvalue weighted by Gasteiger charge is 2.37. The largest absolute Gasteiger partial charge is 0.229 e. The third kappa shape index (κ3) is 2.95. The van der Waals surface area contributed by atoms with Crippen LogP contribution in [0.25, 0.3) is 0 Å². The SMILES string of the molecule is O=S1(=O)CCCC1CC(Cl)(Cl)Cl. The maximum Gasteiger partial charge on any atom is 0.191 e. The summed E-state index contributed by atoms with van der Waals surface area (Å²) in [5.74, 6) is 0.235. The van der Waals surface area contributed by atoms with Crippen LogP contribution >= 0.6 is 34.8 Å². The van der Waals surface area contributed by atoms with Crippen LogP contribution in [0.2, 0.25) is 0 Å². The van der Waals surface area contributed by atoms with Crippen molar-refractivity contribution in [3.8, 4) is 0 Å². The lowest BCUT2D eigenvalue weighted by Gasteiger charge is -2.15. The summed E-state index contributed by atoms with van der Waals surface area (Å²) >= 11 is 16.5. The van der Waals surface area contributed by atoms with Crippen LogP contribution in [-0.4, -0.2) is 23.2 Å². The quantitative estimate of drug-likeness (QED) is 0.670. The van der Waals surface area contributed by atoms with Gasteiger partial charge >= 0.3 is 0 Å². The predicted molar refractivity (Wildman–Crippen MR) is 51.7 cm³/mol. The zero-order valence-electron chi connectivity index (χ0n) is 6.26. The molecule has 0 radical (unpaired) electrons. The van der Waals surface area contributed by atoms with Gasteiger partial charge < -0.3 is 0 Å². The number of rotatable bonds is 1. The molecule has 1 heterocycles. The molecule has 0 amide bonds. The molecule has 6 heteroatoms. The number of sulfone groups is 1. The minimum absolute atomic E-state index is 0.111. The summed E-state index contributed by atoms with van der Waals surface area (Å²) in [5, 5.41) is -0.454. The minimum Gasteiger partial charge on any atom is -0.229 e. The van der Waals surface area contributed by atoms with E-state index in [4.69, 9.17) is 34.8 Å². The van der Waals surface area contributed by atoms with E-state index in [9.17, 15) is 8.42 Å². The van der Waals surface area contributed by atoms with Crippen molar-refractivity contribution < 1.29 is 8.42 Å². The molecule has 0 bridgehead atoms. The number of alkyl halides is 3. The summed E-state index contributed by atoms with van der Waals surface area (Å²) in [6, 6.07) is 0. The summed E-state index contributed by atoms with van der Waals surface area (Å²) in [6.45, 7) is 0. The molecule has 0 N–H and O–H groups in total. The Balaban J connectivity index is 2.66. The molecule has 2 nitrogen and oxygen atoms in total. The molecule has 0 aromatic rings. The van der Waals surface area contributed by atoms with Crippen LogP contribution in [-0.2, 0) is 9.84 Å². The molecule has 1 fully saturated rings. The second-order valence-electron chi connectivity index (χ2n) is 2.95. The molecule has 0 spiro atoms. The molecule has 1 rings (SSSR count). The van der Waals surface area contributed by atoms with E-state index in [1.807, 2.05) is 0 Å². The van der Waals surface area contributed by atoms with E-state index in [-0.39, 0.29) is 12.2 Å². The fourth-order valence-electron chi connectivity index (χ4n) is 1.35. The van der Waals surface area contributed by atoms with Crippen molar-refractivity contribution in [2.75, 3.05) is 5.75 Å². The first kappa shape index (κ1) is 10.9. The summed E-state index contributed by atoms with van der Waals surface area (Å²) in [7, 11) is -2.97. The summed E-state index contributed by atoms with van der Waals surface area (Å²) in [5.41, 5.74) is 0. The van der Waals surface area contributed by atoms with Gasteiger partial charge in [0.25, 0.3) is 0 Å². The van der Waals surface area contributed by atoms with Gasteiger partial charge in [0.2, 0.25) is 0 Å². The van der Waals surface area contributed by atoms with Crippen molar-refractivity contribution in [2.24, 2.45) is 0 Å². The van der Waals surface area contributed by atoms with Gasteiger partial charge in [0.05, 0.1) is 11.0 Å². The van der Waals surface area contributed by atoms with Crippen LogP contribution in [0.4, 0.5) is 0 Å². The molecule has 0 aromatic heterocycles. The van der Waals surface area contributed by atoms with Crippen molar-refractivity contribution in [3.63, 3.8) is 0 Å². The highest BCUT2D eigenvalue weighted by Crippen LogP contribution is 2.36. The van der Waals surface area contributed by atoms with Crippen LogP contribution in [0.5, 0.6) is 0 Å². The topological polar surface area (TPSA) is 34.1 Å². The van der Waals surface area contributed by atoms with Gasteiger partial charge in [0, 0.05) is 6.42 Å². The van der Waals surface area contributed by atoms with E-state index in [0.717, 1.165) is 0 Å². The standard InChI is InChI=1S/C6H9Cl3O2S/c7-6(8,9)4-5-2-1-3-12(5,10)11/h5H,1-4H2. The van der Waals surface area contributed by atoms with E-state index in [1.165, 1.54) is 0 Å². The van der Waals surface area contributed by atoms with Gasteiger partial charge in [-0.15, -0.1) is 0 Å². The van der Waals surface area contributed by atoms with Crippen LogP contribution in [0.3, 0.4) is 0 Å². The monoisotopic (exact) mass is 250 g/mol. The molecule has 1 unspecified atom stereocenters. The average molecular weight is 252 g/mol. The predicted octanol–water partition coefficient (Wildman–Crippen LogP) is 2.32. The summed E-state index contributed by atoms with van der Waals surface area (Å²) in [4.78, 5) is 0. The highest BCUT2D eigenvalue weighted by atomic mass is 35.6. The van der Waals surface area contributed by atoms with Gasteiger partial charge in [0.1, 0.15) is 0 Å². The van der Waals surface area contributed by atoms with Crippen LogP contribution in [0.1, 0.15) is 19.3 Å². The lowest BCUT2D eigenvalue weighted by Crippen LogP contribution is -2.22. The summed E-state index contributed by atoms with van der Waals surface area (Å²) in [6.07, 6.45) is 1.42. The van der Waals surface area contributed by atoms with Crippen molar-refractivity contribution in [1.29, 1.82) is 0 Å². The Morgan fingerprint density at radius 2 is 1.92 bits per heavy atom. The molecule has 1 aliphatic heterocycles. The van der Waals surface area contributed by atoms with Crippen LogP contribution in [0.15, 0.2) is 0 Å². The van der Waals surface area contributed by atoms with E-state index >= 15 is 0 Å². The summed E-state index contributed by atoms with van der Waals surface area (Å²) < 4.78 is 21.1. The van der Waals surface area contributed by atoms with E-state index in [2.05, 4.69) is 0 Å². The van der Waals surface area contributed by atoms with Crippen LogP contribution in [0, 0.1) is 0 Å². The van der Waals surface area contributed by atoms with Crippen molar-refractivity contribution >= 4 is 44.6 Å². The molecule has 1 atom stereocenters. The highest BCUT2D eigenvalue weighted by molar-refractivity contribution is 7.92. The van der Waals surface area contributed by atoms with Crippen LogP contribution < -0.4 is 0 Å². The second kappa shape index (κ2) is 3.52. The molecular weight excluding hydrogens is 242 g/mol. The molecule has 1 saturated heterocycles. The molecular formula is C6H9Cl3O2S. The molecule has 0 aromatic carbocycles. The van der Waals surface area contributed by atoms with E-state index in [1.54, 1.807) is 0 Å². The van der Waals surface area contributed by atoms with Gasteiger partial charge in [-0.25, -0.2) is 8.42 Å². The average Bonchev–Trinajstić information content (AvgIpc) is 2.07. The fourth-order valence-corrected chi connectivity index (χ4v) is 4.11. The van der Waals surface area contributed by atoms with Gasteiger partial charge in [-0.3, -0.25) is 0 Å². The maximum atomic E-state index is 11.3. The Labute approximate surface area is 87.1 Å². The third-order valence-corrected chi connectivity index (χ3v) is 4.66. The maximum absolute atomic E-state index is 11.3. The van der Waals surface area contributed by atoms with E-state index < -0.39 is 18.9 Å². The van der Waals surface area contributed by atoms with Gasteiger partial charge in [-0.05, 0) is 12.8 Å². The first-order valence-corrected chi connectivity index (χ1v) is 6.44. The normalized spacial score (nSPS) is 29.1. The third-order valence-electron chi connectivity index (χ3n) is 1.92. The van der Waals surface area contributed by atoms with Crippen molar-refractivity contribution in [2.45, 2.75) is 28.3 Å². The Kier molecular flexibility index (Phi) is 3.20. The van der Waals surface area contributed by atoms with Gasteiger partial charge in [-0.2, -0.15) is 0 Å². The van der Waals surface area contributed by atoms with Crippen molar-refractivity contribution in [3.05, 3.63) is 0 Å². The lowest BCUT2D eigenvalue weighted by atomic mass is 10.2. The number of hydrogen-bond acceptors (Lipinski definition) is 2. The first-order chi connectivity index (χ1) is 5.31. The van der Waals surface area contributed by atoms with Gasteiger partial charge in [0.15, 0.2) is 13.6 Å². The molecule has 12 heavy (non-hydrogen) atoms. The number of halogens is 3. The minimum atomic E-state index is -2.97. The molecule has 72 valence electrons. The van der Waals surface area contributed by atoms with Crippen molar-refractivity contribution in [1.82, 2.24) is 0 Å². The Morgan fingerprint density at radius 3 is 2.25 bits per heavy atom. The van der Waals surface area contributed by atoms with E-state index in [0.29, 0.717) is 12.8 Å². The first-order valence-electron chi connectivity index (χ1n) is 3.59. The zero-order valence-corrected chi connectivity index (χ0v) is 9.35. The number of hydrogen-bond donors (Lipinski definition) is 0.